The molecule has 0 aliphatic rings. The highest BCUT2D eigenvalue weighted by Crippen LogP contribution is 2.39. The smallest absolute Gasteiger partial charge is 0.134 e. The summed E-state index contributed by atoms with van der Waals surface area (Å²) >= 11 is 0. The third kappa shape index (κ3) is 5.63. The number of nitrogens with zero attached hydrogens (tertiary/aromatic N) is 1. The zero-order valence-corrected chi connectivity index (χ0v) is 27.4. The molecule has 0 saturated heterocycles. The van der Waals surface area contributed by atoms with Crippen LogP contribution in [0, 0.1) is 0 Å². The third-order valence-electron chi connectivity index (χ3n) is 9.58. The normalized spacial score (nSPS) is 11.2. The van der Waals surface area contributed by atoms with Gasteiger partial charge in [-0.2, -0.15) is 0 Å². The highest BCUT2D eigenvalue weighted by Gasteiger charge is 2.15. The Balaban J connectivity index is 1.04. The van der Waals surface area contributed by atoms with E-state index in [2.05, 4.69) is 187 Å². The number of hydrogen-bond donors (Lipinski definition) is 0. The number of rotatable bonds is 7. The first-order chi connectivity index (χ1) is 24.8. The zero-order valence-electron chi connectivity index (χ0n) is 27.4. The fourth-order valence-corrected chi connectivity index (χ4v) is 6.90. The lowest BCUT2D eigenvalue weighted by molar-refractivity contribution is 0.617. The average molecular weight is 640 g/mol. The number of fused-ring (bicyclic) bond motifs is 2. The van der Waals surface area contributed by atoms with Crippen LogP contribution in [0.4, 0.5) is 17.1 Å². The SMILES string of the molecule is c1ccc(-c2ccc(N(c3ccc(-c4ccc(-c5ccc6ccccc6c5)cc4)cc3)c3ccc(-c4coc5ccccc45)cc3)cc2)cc1. The summed E-state index contributed by atoms with van der Waals surface area (Å²) in [6, 6.07) is 69.2. The van der Waals surface area contributed by atoms with Crippen molar-refractivity contribution in [1.82, 2.24) is 0 Å². The molecule has 0 amide bonds. The maximum absolute atomic E-state index is 5.85. The molecule has 1 aromatic heterocycles. The Hall–Kier alpha value is -6.64. The van der Waals surface area contributed by atoms with Gasteiger partial charge in [0.25, 0.3) is 0 Å². The predicted octanol–water partition coefficient (Wildman–Crippen LogP) is 13.7. The van der Waals surface area contributed by atoms with Gasteiger partial charge in [0.15, 0.2) is 0 Å². The van der Waals surface area contributed by atoms with Crippen LogP contribution in [-0.2, 0) is 0 Å². The highest BCUT2D eigenvalue weighted by molar-refractivity contribution is 5.94. The molecule has 9 rings (SSSR count). The van der Waals surface area contributed by atoms with E-state index in [0.717, 1.165) is 39.2 Å². The van der Waals surface area contributed by atoms with Crippen LogP contribution in [0.1, 0.15) is 0 Å². The van der Waals surface area contributed by atoms with E-state index < -0.39 is 0 Å². The molecule has 0 radical (unpaired) electrons. The van der Waals surface area contributed by atoms with Crippen LogP contribution in [0.2, 0.25) is 0 Å². The molecule has 2 heteroatoms. The van der Waals surface area contributed by atoms with E-state index in [1.807, 2.05) is 18.4 Å². The third-order valence-corrected chi connectivity index (χ3v) is 9.58. The first kappa shape index (κ1) is 29.5. The molecular weight excluding hydrogens is 607 g/mol. The molecule has 0 unspecified atom stereocenters. The number of benzene rings is 8. The van der Waals surface area contributed by atoms with E-state index in [-0.39, 0.29) is 0 Å². The van der Waals surface area contributed by atoms with Gasteiger partial charge in [0.2, 0.25) is 0 Å². The van der Waals surface area contributed by atoms with Gasteiger partial charge in [-0.25, -0.2) is 0 Å². The van der Waals surface area contributed by atoms with Gasteiger partial charge in [0.05, 0.1) is 6.26 Å². The fraction of sp³-hybridized carbons (Fsp3) is 0. The van der Waals surface area contributed by atoms with E-state index in [1.54, 1.807) is 0 Å². The van der Waals surface area contributed by atoms with Gasteiger partial charge in [-0.3, -0.25) is 0 Å². The van der Waals surface area contributed by atoms with Gasteiger partial charge in [0, 0.05) is 28.0 Å². The molecule has 8 aromatic carbocycles. The van der Waals surface area contributed by atoms with Crippen LogP contribution in [-0.4, -0.2) is 0 Å². The van der Waals surface area contributed by atoms with Crippen LogP contribution in [0.25, 0.3) is 66.2 Å². The Bertz CT molecular complexity index is 2550. The van der Waals surface area contributed by atoms with Crippen molar-refractivity contribution in [3.63, 3.8) is 0 Å². The average Bonchev–Trinajstić information content (AvgIpc) is 3.63. The topological polar surface area (TPSA) is 16.4 Å². The van der Waals surface area contributed by atoms with Crippen LogP contribution in [0.15, 0.2) is 205 Å². The molecule has 0 atom stereocenters. The molecule has 0 aliphatic heterocycles. The standard InChI is InChI=1S/C48H33NO/c1-2-8-34(9-3-1)37-20-26-43(27-21-37)49(45-30-24-40(25-31-45)47-33-50-48-13-7-6-12-46(47)48)44-28-22-38(23-29-44)36-14-16-39(17-15-36)42-19-18-35-10-4-5-11-41(35)32-42/h1-33H. The van der Waals surface area contributed by atoms with E-state index in [0.29, 0.717) is 0 Å². The molecule has 50 heavy (non-hydrogen) atoms. The van der Waals surface area contributed by atoms with Crippen LogP contribution in [0.3, 0.4) is 0 Å². The van der Waals surface area contributed by atoms with E-state index >= 15 is 0 Å². The zero-order chi connectivity index (χ0) is 33.3. The summed E-state index contributed by atoms with van der Waals surface area (Å²) in [4.78, 5) is 2.32. The summed E-state index contributed by atoms with van der Waals surface area (Å²) in [5, 5.41) is 3.64. The number of anilines is 3. The maximum atomic E-state index is 5.85. The lowest BCUT2D eigenvalue weighted by atomic mass is 9.98. The molecule has 0 fully saturated rings. The van der Waals surface area contributed by atoms with Gasteiger partial charge in [-0.05, 0) is 98.2 Å². The molecule has 1 heterocycles. The molecule has 9 aromatic rings. The van der Waals surface area contributed by atoms with E-state index in [1.165, 1.54) is 44.2 Å². The van der Waals surface area contributed by atoms with Crippen LogP contribution in [0.5, 0.6) is 0 Å². The predicted molar refractivity (Wildman–Crippen MR) is 210 cm³/mol. The van der Waals surface area contributed by atoms with Gasteiger partial charge in [-0.1, -0.05) is 146 Å². The summed E-state index contributed by atoms with van der Waals surface area (Å²) < 4.78 is 5.85. The number of furan rings is 1. The second-order valence-corrected chi connectivity index (χ2v) is 12.6. The minimum atomic E-state index is 0.898. The quantitative estimate of drug-likeness (QED) is 0.173. The maximum Gasteiger partial charge on any atom is 0.134 e. The van der Waals surface area contributed by atoms with Gasteiger partial charge in [-0.15, -0.1) is 0 Å². The van der Waals surface area contributed by atoms with E-state index in [4.69, 9.17) is 4.42 Å². The summed E-state index contributed by atoms with van der Waals surface area (Å²) in [6.07, 6.45) is 1.85. The Labute approximate surface area is 292 Å². The minimum Gasteiger partial charge on any atom is -0.464 e. The van der Waals surface area contributed by atoms with Crippen molar-refractivity contribution >= 4 is 38.8 Å². The van der Waals surface area contributed by atoms with Crippen LogP contribution < -0.4 is 4.90 Å². The van der Waals surface area contributed by atoms with Crippen molar-refractivity contribution in [2.24, 2.45) is 0 Å². The minimum absolute atomic E-state index is 0.898. The summed E-state index contributed by atoms with van der Waals surface area (Å²) in [6.45, 7) is 0. The Morgan fingerprint density at radius 3 is 1.38 bits per heavy atom. The Morgan fingerprint density at radius 1 is 0.320 bits per heavy atom. The largest absolute Gasteiger partial charge is 0.464 e. The van der Waals surface area contributed by atoms with Crippen molar-refractivity contribution in [3.8, 4) is 44.5 Å². The van der Waals surface area contributed by atoms with Crippen LogP contribution >= 0.6 is 0 Å². The number of hydrogen-bond acceptors (Lipinski definition) is 2. The van der Waals surface area contributed by atoms with Crippen molar-refractivity contribution in [2.75, 3.05) is 4.90 Å². The van der Waals surface area contributed by atoms with Crippen molar-refractivity contribution in [1.29, 1.82) is 0 Å². The van der Waals surface area contributed by atoms with Gasteiger partial charge in [0.1, 0.15) is 5.58 Å². The van der Waals surface area contributed by atoms with Crippen molar-refractivity contribution in [2.45, 2.75) is 0 Å². The number of para-hydroxylation sites is 1. The lowest BCUT2D eigenvalue weighted by Crippen LogP contribution is -2.09. The van der Waals surface area contributed by atoms with Gasteiger partial charge < -0.3 is 9.32 Å². The molecule has 236 valence electrons. The molecule has 0 spiro atoms. The molecule has 2 nitrogen and oxygen atoms in total. The monoisotopic (exact) mass is 639 g/mol. The Kier molecular flexibility index (Phi) is 7.53. The van der Waals surface area contributed by atoms with Gasteiger partial charge >= 0.3 is 0 Å². The highest BCUT2D eigenvalue weighted by atomic mass is 16.3. The Morgan fingerprint density at radius 2 is 0.760 bits per heavy atom. The second kappa shape index (κ2) is 12.8. The first-order valence-electron chi connectivity index (χ1n) is 17.0. The second-order valence-electron chi connectivity index (χ2n) is 12.6. The summed E-state index contributed by atoms with van der Waals surface area (Å²) in [5.41, 5.74) is 13.6. The lowest BCUT2D eigenvalue weighted by Gasteiger charge is -2.26. The summed E-state index contributed by atoms with van der Waals surface area (Å²) in [7, 11) is 0. The first-order valence-corrected chi connectivity index (χ1v) is 17.0. The molecule has 0 N–H and O–H groups in total. The molecular formula is C48H33NO. The summed E-state index contributed by atoms with van der Waals surface area (Å²) in [5.74, 6) is 0. The van der Waals surface area contributed by atoms with E-state index in [9.17, 15) is 0 Å². The van der Waals surface area contributed by atoms with Crippen molar-refractivity contribution in [3.05, 3.63) is 200 Å². The molecule has 0 saturated carbocycles. The molecule has 0 bridgehead atoms. The fourth-order valence-electron chi connectivity index (χ4n) is 6.90. The molecule has 0 aliphatic carbocycles. The van der Waals surface area contributed by atoms with Crippen molar-refractivity contribution < 1.29 is 4.42 Å².